The molecule has 0 spiro atoms. The van der Waals surface area contributed by atoms with E-state index in [2.05, 4.69) is 15.5 Å². The highest BCUT2D eigenvalue weighted by Crippen LogP contribution is 2.35. The van der Waals surface area contributed by atoms with E-state index < -0.39 is 15.9 Å². The number of methoxy groups -OCH3 is 1. The summed E-state index contributed by atoms with van der Waals surface area (Å²) in [6.07, 6.45) is 1.85. The van der Waals surface area contributed by atoms with Gasteiger partial charge >= 0.3 is 0 Å². The van der Waals surface area contributed by atoms with Crippen LogP contribution in [0.3, 0.4) is 0 Å². The van der Waals surface area contributed by atoms with Gasteiger partial charge in [-0.1, -0.05) is 12.1 Å². The van der Waals surface area contributed by atoms with Gasteiger partial charge in [0.05, 0.1) is 22.8 Å². The number of nitrogens with one attached hydrogen (secondary N) is 1. The molecule has 1 aliphatic rings. The van der Waals surface area contributed by atoms with Gasteiger partial charge in [-0.15, -0.1) is 11.3 Å². The topological polar surface area (TPSA) is 115 Å². The van der Waals surface area contributed by atoms with Gasteiger partial charge in [0.15, 0.2) is 0 Å². The van der Waals surface area contributed by atoms with E-state index in [9.17, 15) is 13.2 Å². The first-order chi connectivity index (χ1) is 15.8. The Morgan fingerprint density at radius 3 is 2.76 bits per heavy atom. The van der Waals surface area contributed by atoms with E-state index in [1.807, 2.05) is 6.92 Å². The van der Waals surface area contributed by atoms with Gasteiger partial charge in [0.25, 0.3) is 0 Å². The number of benzene rings is 1. The molecule has 4 rings (SSSR count). The summed E-state index contributed by atoms with van der Waals surface area (Å²) in [7, 11) is -2.19. The maximum absolute atomic E-state index is 13.4. The second-order valence-electron chi connectivity index (χ2n) is 7.82. The summed E-state index contributed by atoms with van der Waals surface area (Å²) in [6, 6.07) is 8.63. The summed E-state index contributed by atoms with van der Waals surface area (Å²) in [4.78, 5) is 18.6. The van der Waals surface area contributed by atoms with Gasteiger partial charge in [0.2, 0.25) is 27.6 Å². The van der Waals surface area contributed by atoms with Crippen LogP contribution in [0.1, 0.15) is 30.5 Å². The van der Waals surface area contributed by atoms with Gasteiger partial charge in [-0.05, 0) is 50.1 Å². The van der Waals surface area contributed by atoms with Crippen LogP contribution in [-0.2, 0) is 21.2 Å². The zero-order valence-corrected chi connectivity index (χ0v) is 20.3. The second kappa shape index (κ2) is 9.62. The first-order valence-corrected chi connectivity index (χ1v) is 13.0. The Kier molecular flexibility index (Phi) is 6.82. The van der Waals surface area contributed by atoms with Crippen molar-refractivity contribution in [1.29, 1.82) is 0 Å². The number of carbonyl (C=O) groups excluding carboxylic acids is 1. The molecule has 2 aromatic heterocycles. The smallest absolute Gasteiger partial charge is 0.244 e. The fourth-order valence-corrected chi connectivity index (χ4v) is 6.77. The highest BCUT2D eigenvalue weighted by Gasteiger charge is 2.35. The Labute approximate surface area is 196 Å². The van der Waals surface area contributed by atoms with Crippen molar-refractivity contribution in [3.8, 4) is 16.5 Å². The molecule has 33 heavy (non-hydrogen) atoms. The van der Waals surface area contributed by atoms with E-state index in [0.717, 1.165) is 0 Å². The average molecular weight is 491 g/mol. The lowest BCUT2D eigenvalue weighted by molar-refractivity contribution is -0.120. The molecule has 176 valence electrons. The Hall–Kier alpha value is -2.76. The molecule has 1 aliphatic heterocycles. The summed E-state index contributed by atoms with van der Waals surface area (Å²) >= 11 is 1.31. The van der Waals surface area contributed by atoms with Gasteiger partial charge in [-0.2, -0.15) is 9.29 Å². The van der Waals surface area contributed by atoms with Crippen molar-refractivity contribution in [3.63, 3.8) is 0 Å². The number of amides is 1. The molecule has 0 radical (unpaired) electrons. The molecule has 3 aromatic rings. The summed E-state index contributed by atoms with van der Waals surface area (Å²) in [5, 5.41) is 6.83. The summed E-state index contributed by atoms with van der Waals surface area (Å²) in [5.74, 6) is 0.958. The van der Waals surface area contributed by atoms with Crippen LogP contribution in [0, 0.1) is 12.8 Å². The summed E-state index contributed by atoms with van der Waals surface area (Å²) in [5.41, 5.74) is 0.644. The van der Waals surface area contributed by atoms with E-state index in [1.54, 1.807) is 44.4 Å². The van der Waals surface area contributed by atoms with Crippen LogP contribution in [0.25, 0.3) is 10.7 Å². The lowest BCUT2D eigenvalue weighted by Crippen LogP contribution is -2.43. The quantitative estimate of drug-likeness (QED) is 0.537. The van der Waals surface area contributed by atoms with E-state index in [1.165, 1.54) is 15.6 Å². The number of carbonyl (C=O) groups is 1. The van der Waals surface area contributed by atoms with Crippen LogP contribution in [0.4, 0.5) is 5.69 Å². The van der Waals surface area contributed by atoms with Crippen molar-refractivity contribution in [2.75, 3.05) is 25.5 Å². The first kappa shape index (κ1) is 23.4. The predicted molar refractivity (Wildman–Crippen MR) is 125 cm³/mol. The number of hydrogen-bond donors (Lipinski definition) is 1. The lowest BCUT2D eigenvalue weighted by atomic mass is 9.99. The van der Waals surface area contributed by atoms with E-state index in [-0.39, 0.29) is 17.3 Å². The molecule has 1 amide bonds. The molecule has 0 bridgehead atoms. The van der Waals surface area contributed by atoms with Crippen LogP contribution in [0.2, 0.25) is 0 Å². The van der Waals surface area contributed by atoms with Crippen molar-refractivity contribution in [2.24, 2.45) is 5.92 Å². The monoisotopic (exact) mass is 490 g/mol. The molecule has 0 aliphatic carbocycles. The first-order valence-electron chi connectivity index (χ1n) is 10.7. The minimum absolute atomic E-state index is 0.136. The van der Waals surface area contributed by atoms with E-state index >= 15 is 0 Å². The fourth-order valence-electron chi connectivity index (χ4n) is 3.76. The Bertz CT molecular complexity index is 1230. The van der Waals surface area contributed by atoms with E-state index in [4.69, 9.17) is 9.26 Å². The molecular formula is C22H26N4O5S2. The molecule has 3 heterocycles. The molecule has 1 saturated heterocycles. The predicted octanol–water partition coefficient (Wildman–Crippen LogP) is 3.72. The van der Waals surface area contributed by atoms with Crippen LogP contribution in [0.5, 0.6) is 5.75 Å². The molecule has 1 N–H and O–H groups in total. The van der Waals surface area contributed by atoms with Gasteiger partial charge in [0, 0.05) is 30.1 Å². The highest BCUT2D eigenvalue weighted by atomic mass is 32.2. The SMILES string of the molecule is CCc1nc(-c2cc(S(=O)(=O)N3CCC[C@H](C(=O)Nc4ccc(OC)cc4)C3)c(C)s2)no1. The molecular weight excluding hydrogens is 464 g/mol. The van der Waals surface area contributed by atoms with Gasteiger partial charge < -0.3 is 14.6 Å². The van der Waals surface area contributed by atoms with Crippen LogP contribution in [0.15, 0.2) is 39.8 Å². The maximum Gasteiger partial charge on any atom is 0.244 e. The molecule has 1 aromatic carbocycles. The minimum Gasteiger partial charge on any atom is -0.497 e. The van der Waals surface area contributed by atoms with Gasteiger partial charge in [0.1, 0.15) is 5.75 Å². The molecule has 1 fully saturated rings. The van der Waals surface area contributed by atoms with Gasteiger partial charge in [-0.25, -0.2) is 8.42 Å². The summed E-state index contributed by atoms with van der Waals surface area (Å²) < 4.78 is 38.6. The number of sulfonamides is 1. The number of nitrogens with zero attached hydrogens (tertiary/aromatic N) is 3. The molecule has 11 heteroatoms. The molecule has 0 saturated carbocycles. The second-order valence-corrected chi connectivity index (χ2v) is 11.0. The number of piperidine rings is 1. The fraction of sp³-hybridized carbons (Fsp3) is 0.409. The molecule has 9 nitrogen and oxygen atoms in total. The van der Waals surface area contributed by atoms with Crippen molar-refractivity contribution in [2.45, 2.75) is 38.0 Å². The number of aromatic nitrogens is 2. The zero-order chi connectivity index (χ0) is 23.6. The third-order valence-corrected chi connectivity index (χ3v) is 8.76. The number of rotatable bonds is 7. The number of thiophene rings is 1. The van der Waals surface area contributed by atoms with E-state index in [0.29, 0.717) is 58.7 Å². The summed E-state index contributed by atoms with van der Waals surface area (Å²) in [6.45, 7) is 4.18. The van der Waals surface area contributed by atoms with Gasteiger partial charge in [-0.3, -0.25) is 4.79 Å². The third kappa shape index (κ3) is 4.94. The standard InChI is InChI=1S/C22H26N4O5S2/c1-4-20-24-21(25-31-20)18-12-19(14(2)32-18)33(28,29)26-11-5-6-15(13-26)22(27)23-16-7-9-17(30-3)10-8-16/h7-10,12,15H,4-6,11,13H2,1-3H3,(H,23,27)/t15-/m0/s1. The number of hydrogen-bond acceptors (Lipinski definition) is 8. The molecule has 0 unspecified atom stereocenters. The normalized spacial score (nSPS) is 17.1. The van der Waals surface area contributed by atoms with Crippen molar-refractivity contribution in [3.05, 3.63) is 41.1 Å². The Morgan fingerprint density at radius 2 is 2.09 bits per heavy atom. The maximum atomic E-state index is 13.4. The average Bonchev–Trinajstić information content (AvgIpc) is 3.46. The van der Waals surface area contributed by atoms with Crippen molar-refractivity contribution >= 4 is 33.0 Å². The van der Waals surface area contributed by atoms with Crippen LogP contribution >= 0.6 is 11.3 Å². The number of ether oxygens (including phenoxy) is 1. The van der Waals surface area contributed by atoms with Crippen molar-refractivity contribution in [1.82, 2.24) is 14.4 Å². The van der Waals surface area contributed by atoms with Crippen molar-refractivity contribution < 1.29 is 22.5 Å². The Balaban J connectivity index is 1.49. The zero-order valence-electron chi connectivity index (χ0n) is 18.7. The Morgan fingerprint density at radius 1 is 1.33 bits per heavy atom. The molecule has 1 atom stereocenters. The lowest BCUT2D eigenvalue weighted by Gasteiger charge is -2.31. The number of aryl methyl sites for hydroxylation is 2. The van der Waals surface area contributed by atoms with Crippen LogP contribution in [-0.4, -0.2) is 49.0 Å². The highest BCUT2D eigenvalue weighted by molar-refractivity contribution is 7.89. The third-order valence-electron chi connectivity index (χ3n) is 5.59. The number of anilines is 1. The largest absolute Gasteiger partial charge is 0.497 e. The van der Waals surface area contributed by atoms with Crippen LogP contribution < -0.4 is 10.1 Å². The minimum atomic E-state index is -3.77.